The Bertz CT molecular complexity index is 617. The van der Waals surface area contributed by atoms with E-state index in [2.05, 4.69) is 5.32 Å². The molecule has 1 aromatic carbocycles. The Balaban J connectivity index is 1.95. The minimum atomic E-state index is -0.639. The average molecular weight is 334 g/mol. The van der Waals surface area contributed by atoms with Gasteiger partial charge in [0.1, 0.15) is 12.3 Å². The van der Waals surface area contributed by atoms with Crippen molar-refractivity contribution in [3.05, 3.63) is 24.3 Å². The molecule has 130 valence electrons. The van der Waals surface area contributed by atoms with E-state index in [-0.39, 0.29) is 44.0 Å². The van der Waals surface area contributed by atoms with Crippen LogP contribution in [0.5, 0.6) is 5.75 Å². The number of esters is 1. The van der Waals surface area contributed by atoms with Crippen molar-refractivity contribution in [2.75, 3.05) is 24.7 Å². The van der Waals surface area contributed by atoms with Gasteiger partial charge in [0.15, 0.2) is 6.61 Å². The number of para-hydroxylation sites is 2. The third-order valence-electron chi connectivity index (χ3n) is 3.70. The summed E-state index contributed by atoms with van der Waals surface area (Å²) in [6.07, 6.45) is 0.967. The average Bonchev–Trinajstić information content (AvgIpc) is 2.72. The SMILES string of the molecule is CC[C@@H](C)NC(=O)COC(=O)CN1C(=O)CCOc2ccccc21. The number of ether oxygens (including phenoxy) is 2. The van der Waals surface area contributed by atoms with E-state index in [1.165, 1.54) is 4.90 Å². The number of anilines is 1. The van der Waals surface area contributed by atoms with Gasteiger partial charge in [-0.1, -0.05) is 19.1 Å². The molecule has 0 aliphatic carbocycles. The lowest BCUT2D eigenvalue weighted by atomic mass is 10.2. The molecule has 1 heterocycles. The highest BCUT2D eigenvalue weighted by molar-refractivity contribution is 5.99. The van der Waals surface area contributed by atoms with Crippen LogP contribution in [-0.2, 0) is 19.1 Å². The van der Waals surface area contributed by atoms with Gasteiger partial charge in [0, 0.05) is 6.04 Å². The predicted molar refractivity (Wildman–Crippen MR) is 87.8 cm³/mol. The van der Waals surface area contributed by atoms with Crippen LogP contribution in [-0.4, -0.2) is 43.6 Å². The molecule has 1 aliphatic rings. The van der Waals surface area contributed by atoms with E-state index in [1.807, 2.05) is 13.8 Å². The summed E-state index contributed by atoms with van der Waals surface area (Å²) in [5, 5.41) is 2.71. The molecule has 2 rings (SSSR count). The number of nitrogens with zero attached hydrogens (tertiary/aromatic N) is 1. The predicted octanol–water partition coefficient (Wildman–Crippen LogP) is 1.26. The number of hydrogen-bond donors (Lipinski definition) is 1. The third kappa shape index (κ3) is 4.71. The van der Waals surface area contributed by atoms with Gasteiger partial charge in [-0.3, -0.25) is 19.3 Å². The maximum atomic E-state index is 12.2. The number of benzene rings is 1. The standard InChI is InChI=1S/C17H22N2O5/c1-3-12(2)18-15(20)11-24-17(22)10-19-13-6-4-5-7-14(13)23-9-8-16(19)21/h4-7,12H,3,8-11H2,1-2H3,(H,18,20)/t12-/m1/s1. The molecule has 1 N–H and O–H groups in total. The second kappa shape index (κ2) is 8.33. The van der Waals surface area contributed by atoms with Crippen LogP contribution in [0.25, 0.3) is 0 Å². The lowest BCUT2D eigenvalue weighted by Crippen LogP contribution is -2.39. The number of hydrogen-bond acceptors (Lipinski definition) is 5. The fourth-order valence-corrected chi connectivity index (χ4v) is 2.23. The number of fused-ring (bicyclic) bond motifs is 1. The summed E-state index contributed by atoms with van der Waals surface area (Å²) >= 11 is 0. The first-order valence-electron chi connectivity index (χ1n) is 7.98. The molecule has 0 aromatic heterocycles. The molecule has 0 fully saturated rings. The van der Waals surface area contributed by atoms with Gasteiger partial charge in [-0.2, -0.15) is 0 Å². The minimum Gasteiger partial charge on any atom is -0.491 e. The van der Waals surface area contributed by atoms with Crippen molar-refractivity contribution in [1.82, 2.24) is 5.32 Å². The van der Waals surface area contributed by atoms with E-state index >= 15 is 0 Å². The minimum absolute atomic E-state index is 0.0208. The normalized spacial score (nSPS) is 14.9. The number of nitrogens with one attached hydrogen (secondary N) is 1. The molecule has 0 saturated heterocycles. The summed E-state index contributed by atoms with van der Waals surface area (Å²) in [5.41, 5.74) is 0.529. The lowest BCUT2D eigenvalue weighted by Gasteiger charge is -2.20. The maximum absolute atomic E-state index is 12.2. The number of carbonyl (C=O) groups excluding carboxylic acids is 3. The Labute approximate surface area is 140 Å². The van der Waals surface area contributed by atoms with Gasteiger partial charge >= 0.3 is 5.97 Å². The van der Waals surface area contributed by atoms with Gasteiger partial charge in [0.25, 0.3) is 5.91 Å². The molecule has 0 spiro atoms. The van der Waals surface area contributed by atoms with Crippen LogP contribution in [0.4, 0.5) is 5.69 Å². The van der Waals surface area contributed by atoms with Gasteiger partial charge in [0.05, 0.1) is 18.7 Å². The van der Waals surface area contributed by atoms with Crippen LogP contribution < -0.4 is 15.0 Å². The Morgan fingerprint density at radius 3 is 2.88 bits per heavy atom. The molecule has 2 amide bonds. The second-order valence-electron chi connectivity index (χ2n) is 5.58. The fraction of sp³-hybridized carbons (Fsp3) is 0.471. The van der Waals surface area contributed by atoms with Gasteiger partial charge in [-0.05, 0) is 25.5 Å². The molecule has 1 atom stereocenters. The molecule has 1 aliphatic heterocycles. The van der Waals surface area contributed by atoms with Gasteiger partial charge in [-0.25, -0.2) is 0 Å². The monoisotopic (exact) mass is 334 g/mol. The molecular formula is C17H22N2O5. The highest BCUT2D eigenvalue weighted by atomic mass is 16.5. The van der Waals surface area contributed by atoms with E-state index in [0.29, 0.717) is 11.4 Å². The first-order valence-corrected chi connectivity index (χ1v) is 7.98. The van der Waals surface area contributed by atoms with E-state index in [4.69, 9.17) is 9.47 Å². The highest BCUT2D eigenvalue weighted by Gasteiger charge is 2.25. The highest BCUT2D eigenvalue weighted by Crippen LogP contribution is 2.30. The summed E-state index contributed by atoms with van der Waals surface area (Å²) in [6.45, 7) is 3.46. The van der Waals surface area contributed by atoms with Crippen LogP contribution >= 0.6 is 0 Å². The van der Waals surface area contributed by atoms with Crippen molar-refractivity contribution < 1.29 is 23.9 Å². The van der Waals surface area contributed by atoms with Gasteiger partial charge in [-0.15, -0.1) is 0 Å². The number of rotatable bonds is 6. The van der Waals surface area contributed by atoms with E-state index in [0.717, 1.165) is 6.42 Å². The van der Waals surface area contributed by atoms with Crippen LogP contribution in [0, 0.1) is 0 Å². The molecule has 1 aromatic rings. The van der Waals surface area contributed by atoms with Crippen molar-refractivity contribution in [1.29, 1.82) is 0 Å². The maximum Gasteiger partial charge on any atom is 0.326 e. The van der Waals surface area contributed by atoms with Crippen LogP contribution in [0.1, 0.15) is 26.7 Å². The first kappa shape index (κ1) is 17.8. The molecule has 7 heteroatoms. The summed E-state index contributed by atoms with van der Waals surface area (Å²) in [5.74, 6) is -0.672. The summed E-state index contributed by atoms with van der Waals surface area (Å²) < 4.78 is 10.5. The Morgan fingerprint density at radius 2 is 2.12 bits per heavy atom. The third-order valence-corrected chi connectivity index (χ3v) is 3.70. The zero-order chi connectivity index (χ0) is 17.5. The molecule has 0 saturated carbocycles. The van der Waals surface area contributed by atoms with Crippen LogP contribution in [0.2, 0.25) is 0 Å². The summed E-state index contributed by atoms with van der Waals surface area (Å²) in [4.78, 5) is 37.2. The topological polar surface area (TPSA) is 84.9 Å². The zero-order valence-corrected chi connectivity index (χ0v) is 13.9. The van der Waals surface area contributed by atoms with Crippen LogP contribution in [0.15, 0.2) is 24.3 Å². The summed E-state index contributed by atoms with van der Waals surface area (Å²) in [6, 6.07) is 7.03. The second-order valence-corrected chi connectivity index (χ2v) is 5.58. The smallest absolute Gasteiger partial charge is 0.326 e. The molecule has 0 radical (unpaired) electrons. The molecule has 7 nitrogen and oxygen atoms in total. The molecule has 0 bridgehead atoms. The Morgan fingerprint density at radius 1 is 1.38 bits per heavy atom. The Kier molecular flexibility index (Phi) is 6.17. The zero-order valence-electron chi connectivity index (χ0n) is 13.9. The van der Waals surface area contributed by atoms with Crippen molar-refractivity contribution in [3.8, 4) is 5.75 Å². The van der Waals surface area contributed by atoms with Crippen LogP contribution in [0.3, 0.4) is 0 Å². The first-order chi connectivity index (χ1) is 11.5. The van der Waals surface area contributed by atoms with Gasteiger partial charge in [0.2, 0.25) is 5.91 Å². The largest absolute Gasteiger partial charge is 0.491 e. The van der Waals surface area contributed by atoms with E-state index in [1.54, 1.807) is 24.3 Å². The lowest BCUT2D eigenvalue weighted by molar-refractivity contribution is -0.147. The molecule has 24 heavy (non-hydrogen) atoms. The summed E-state index contributed by atoms with van der Waals surface area (Å²) in [7, 11) is 0. The fourth-order valence-electron chi connectivity index (χ4n) is 2.23. The van der Waals surface area contributed by atoms with Crippen molar-refractivity contribution in [2.45, 2.75) is 32.7 Å². The number of amides is 2. The van der Waals surface area contributed by atoms with E-state index < -0.39 is 5.97 Å². The number of carbonyl (C=O) groups is 3. The van der Waals surface area contributed by atoms with Crippen molar-refractivity contribution in [3.63, 3.8) is 0 Å². The quantitative estimate of drug-likeness (QED) is 0.792. The van der Waals surface area contributed by atoms with Crippen molar-refractivity contribution in [2.24, 2.45) is 0 Å². The Hall–Kier alpha value is -2.57. The van der Waals surface area contributed by atoms with Crippen molar-refractivity contribution >= 4 is 23.5 Å². The molecular weight excluding hydrogens is 312 g/mol. The van der Waals surface area contributed by atoms with E-state index in [9.17, 15) is 14.4 Å². The molecule has 0 unspecified atom stereocenters. The van der Waals surface area contributed by atoms with Gasteiger partial charge < -0.3 is 14.8 Å².